The fraction of sp³-hybridized carbons (Fsp3) is 0.500. The molecule has 3 N–H and O–H groups in total. The maximum absolute atomic E-state index is 11.0. The normalized spacial score (nSPS) is 17.3. The van der Waals surface area contributed by atoms with E-state index < -0.39 is 0 Å². The molecule has 0 saturated carbocycles. The van der Waals surface area contributed by atoms with Crippen LogP contribution in [0, 0.1) is 0 Å². The van der Waals surface area contributed by atoms with Crippen LogP contribution in [0.5, 0.6) is 5.75 Å². The fourth-order valence-electron chi connectivity index (χ4n) is 2.26. The van der Waals surface area contributed by atoms with Crippen molar-refractivity contribution < 1.29 is 9.53 Å². The SMILES string of the molecule is CNC(=O)CCCOc1ccc2c(c1)CC[C@@H]2N. The van der Waals surface area contributed by atoms with Crippen molar-refractivity contribution in [1.29, 1.82) is 0 Å². The lowest BCUT2D eigenvalue weighted by atomic mass is 10.1. The Balaban J connectivity index is 1.82. The van der Waals surface area contributed by atoms with Crippen LogP contribution in [-0.2, 0) is 11.2 Å². The standard InChI is InChI=1S/C14H20N2O2/c1-16-14(17)3-2-8-18-11-5-6-12-10(9-11)4-7-13(12)15/h5-6,9,13H,2-4,7-8,15H2,1H3,(H,16,17)/t13-/m0/s1. The maximum atomic E-state index is 11.0. The lowest BCUT2D eigenvalue weighted by Crippen LogP contribution is -2.18. The number of carbonyl (C=O) groups is 1. The third-order valence-electron chi connectivity index (χ3n) is 3.33. The van der Waals surface area contributed by atoms with E-state index in [0.29, 0.717) is 13.0 Å². The van der Waals surface area contributed by atoms with Gasteiger partial charge < -0.3 is 15.8 Å². The molecular formula is C14H20N2O2. The van der Waals surface area contributed by atoms with Gasteiger partial charge in [-0.2, -0.15) is 0 Å². The van der Waals surface area contributed by atoms with Crippen LogP contribution in [-0.4, -0.2) is 19.6 Å². The predicted octanol–water partition coefficient (Wildman–Crippen LogP) is 1.54. The van der Waals surface area contributed by atoms with Gasteiger partial charge in [0, 0.05) is 19.5 Å². The zero-order valence-electron chi connectivity index (χ0n) is 10.7. The molecular weight excluding hydrogens is 228 g/mol. The molecule has 1 amide bonds. The number of ether oxygens (including phenoxy) is 1. The predicted molar refractivity (Wildman–Crippen MR) is 70.5 cm³/mol. The molecule has 1 aromatic carbocycles. The second-order valence-corrected chi connectivity index (χ2v) is 4.63. The molecule has 1 aliphatic rings. The molecule has 98 valence electrons. The lowest BCUT2D eigenvalue weighted by molar-refractivity contribution is -0.120. The zero-order chi connectivity index (χ0) is 13.0. The van der Waals surface area contributed by atoms with Crippen molar-refractivity contribution in [3.63, 3.8) is 0 Å². The average molecular weight is 248 g/mol. The number of aryl methyl sites for hydroxylation is 1. The average Bonchev–Trinajstić information content (AvgIpc) is 2.76. The van der Waals surface area contributed by atoms with Gasteiger partial charge in [-0.1, -0.05) is 6.07 Å². The number of hydrogen-bond donors (Lipinski definition) is 2. The van der Waals surface area contributed by atoms with Crippen molar-refractivity contribution in [2.24, 2.45) is 5.73 Å². The molecule has 0 heterocycles. The molecule has 0 bridgehead atoms. The number of rotatable bonds is 5. The quantitative estimate of drug-likeness (QED) is 0.777. The van der Waals surface area contributed by atoms with Gasteiger partial charge >= 0.3 is 0 Å². The molecule has 2 rings (SSSR count). The topological polar surface area (TPSA) is 64.3 Å². The van der Waals surface area contributed by atoms with Crippen LogP contribution >= 0.6 is 0 Å². The van der Waals surface area contributed by atoms with Crippen molar-refractivity contribution in [1.82, 2.24) is 5.32 Å². The van der Waals surface area contributed by atoms with Crippen LogP contribution < -0.4 is 15.8 Å². The van der Waals surface area contributed by atoms with E-state index >= 15 is 0 Å². The Hall–Kier alpha value is -1.55. The van der Waals surface area contributed by atoms with Gasteiger partial charge in [0.25, 0.3) is 0 Å². The molecule has 0 unspecified atom stereocenters. The lowest BCUT2D eigenvalue weighted by Gasteiger charge is -2.09. The third-order valence-corrected chi connectivity index (χ3v) is 3.33. The molecule has 1 aliphatic carbocycles. The van der Waals surface area contributed by atoms with E-state index in [1.807, 2.05) is 6.07 Å². The summed E-state index contributed by atoms with van der Waals surface area (Å²) in [6.45, 7) is 0.568. The number of carbonyl (C=O) groups excluding carboxylic acids is 1. The summed E-state index contributed by atoms with van der Waals surface area (Å²) < 4.78 is 5.64. The van der Waals surface area contributed by atoms with Crippen LogP contribution in [0.15, 0.2) is 18.2 Å². The molecule has 0 fully saturated rings. The number of hydrogen-bond acceptors (Lipinski definition) is 3. The summed E-state index contributed by atoms with van der Waals surface area (Å²) in [7, 11) is 1.65. The van der Waals surface area contributed by atoms with Crippen molar-refractivity contribution in [2.75, 3.05) is 13.7 Å². The molecule has 0 aromatic heterocycles. The minimum atomic E-state index is 0.0542. The van der Waals surface area contributed by atoms with Crippen LogP contribution in [0.3, 0.4) is 0 Å². The van der Waals surface area contributed by atoms with E-state index in [2.05, 4.69) is 17.4 Å². The summed E-state index contributed by atoms with van der Waals surface area (Å²) in [4.78, 5) is 11.0. The summed E-state index contributed by atoms with van der Waals surface area (Å²) in [5, 5.41) is 2.59. The van der Waals surface area contributed by atoms with Crippen molar-refractivity contribution >= 4 is 5.91 Å². The van der Waals surface area contributed by atoms with Gasteiger partial charge in [-0.15, -0.1) is 0 Å². The van der Waals surface area contributed by atoms with Gasteiger partial charge in [0.05, 0.1) is 6.61 Å². The van der Waals surface area contributed by atoms with Gasteiger partial charge in [0.1, 0.15) is 5.75 Å². The van der Waals surface area contributed by atoms with E-state index in [1.54, 1.807) is 7.05 Å². The minimum absolute atomic E-state index is 0.0542. The number of fused-ring (bicyclic) bond motifs is 1. The summed E-state index contributed by atoms with van der Waals surface area (Å²) in [6, 6.07) is 6.27. The molecule has 4 heteroatoms. The Kier molecular flexibility index (Phi) is 4.20. The zero-order valence-corrected chi connectivity index (χ0v) is 10.7. The monoisotopic (exact) mass is 248 g/mol. The third kappa shape index (κ3) is 3.01. The fourth-order valence-corrected chi connectivity index (χ4v) is 2.26. The minimum Gasteiger partial charge on any atom is -0.494 e. The van der Waals surface area contributed by atoms with Gasteiger partial charge in [-0.25, -0.2) is 0 Å². The summed E-state index contributed by atoms with van der Waals surface area (Å²) in [5.41, 5.74) is 8.52. The van der Waals surface area contributed by atoms with E-state index in [0.717, 1.165) is 25.0 Å². The smallest absolute Gasteiger partial charge is 0.219 e. The largest absolute Gasteiger partial charge is 0.494 e. The van der Waals surface area contributed by atoms with Crippen molar-refractivity contribution in [3.05, 3.63) is 29.3 Å². The first-order valence-corrected chi connectivity index (χ1v) is 6.42. The van der Waals surface area contributed by atoms with Gasteiger partial charge in [0.15, 0.2) is 0 Å². The highest BCUT2D eigenvalue weighted by molar-refractivity contribution is 5.75. The highest BCUT2D eigenvalue weighted by Crippen LogP contribution is 2.31. The van der Waals surface area contributed by atoms with E-state index in [-0.39, 0.29) is 11.9 Å². The first-order valence-electron chi connectivity index (χ1n) is 6.42. The molecule has 0 radical (unpaired) electrons. The molecule has 0 saturated heterocycles. The van der Waals surface area contributed by atoms with Gasteiger partial charge in [-0.05, 0) is 42.5 Å². The Morgan fingerprint density at radius 3 is 3.17 bits per heavy atom. The van der Waals surface area contributed by atoms with Crippen LogP contribution in [0.4, 0.5) is 0 Å². The Bertz CT molecular complexity index is 432. The number of nitrogens with one attached hydrogen (secondary N) is 1. The highest BCUT2D eigenvalue weighted by Gasteiger charge is 2.18. The first kappa shape index (κ1) is 12.9. The molecule has 1 atom stereocenters. The van der Waals surface area contributed by atoms with Crippen LogP contribution in [0.1, 0.15) is 36.4 Å². The van der Waals surface area contributed by atoms with Crippen molar-refractivity contribution in [2.45, 2.75) is 31.7 Å². The molecule has 0 spiro atoms. The van der Waals surface area contributed by atoms with E-state index in [1.165, 1.54) is 11.1 Å². The first-order chi connectivity index (χ1) is 8.70. The summed E-state index contributed by atoms with van der Waals surface area (Å²) in [6.07, 6.45) is 3.30. The molecule has 18 heavy (non-hydrogen) atoms. The summed E-state index contributed by atoms with van der Waals surface area (Å²) in [5.74, 6) is 0.929. The number of benzene rings is 1. The highest BCUT2D eigenvalue weighted by atomic mass is 16.5. The van der Waals surface area contributed by atoms with E-state index in [4.69, 9.17) is 10.5 Å². The van der Waals surface area contributed by atoms with Gasteiger partial charge in [-0.3, -0.25) is 4.79 Å². The molecule has 1 aromatic rings. The Morgan fingerprint density at radius 2 is 2.39 bits per heavy atom. The molecule has 0 aliphatic heterocycles. The van der Waals surface area contributed by atoms with Crippen LogP contribution in [0.2, 0.25) is 0 Å². The number of nitrogens with two attached hydrogens (primary N) is 1. The second-order valence-electron chi connectivity index (χ2n) is 4.63. The van der Waals surface area contributed by atoms with Gasteiger partial charge in [0.2, 0.25) is 5.91 Å². The number of amides is 1. The van der Waals surface area contributed by atoms with Crippen LogP contribution in [0.25, 0.3) is 0 Å². The van der Waals surface area contributed by atoms with E-state index in [9.17, 15) is 4.79 Å². The Labute approximate surface area is 108 Å². The summed E-state index contributed by atoms with van der Waals surface area (Å²) >= 11 is 0. The Morgan fingerprint density at radius 1 is 1.56 bits per heavy atom. The second kappa shape index (κ2) is 5.87. The molecule has 4 nitrogen and oxygen atoms in total. The van der Waals surface area contributed by atoms with Crippen molar-refractivity contribution in [3.8, 4) is 5.75 Å². The maximum Gasteiger partial charge on any atom is 0.219 e.